The molecule has 0 saturated heterocycles. The smallest absolute Gasteiger partial charge is 0.140 e. The molecule has 1 N–H and O–H groups in total. The predicted octanol–water partition coefficient (Wildman–Crippen LogP) is 4.57. The summed E-state index contributed by atoms with van der Waals surface area (Å²) in [5.74, 6) is -1.12. The van der Waals surface area contributed by atoms with Crippen LogP contribution in [0, 0.1) is 11.6 Å². The van der Waals surface area contributed by atoms with Crippen LogP contribution in [0.2, 0.25) is 0 Å². The van der Waals surface area contributed by atoms with E-state index in [0.717, 1.165) is 28.9 Å². The zero-order chi connectivity index (χ0) is 13.1. The molecule has 0 fully saturated rings. The standard InChI is InChI=1S/C13H12BrF2NS/c1-2-17-7-8-3-4-13(18-8)9-5-10(14)12(16)6-11(9)15/h3-6,17H,2,7H2,1H3. The molecule has 1 aromatic carbocycles. The van der Waals surface area contributed by atoms with Crippen LogP contribution in [-0.4, -0.2) is 6.54 Å². The quantitative estimate of drug-likeness (QED) is 0.809. The normalized spacial score (nSPS) is 10.9. The van der Waals surface area contributed by atoms with E-state index in [4.69, 9.17) is 0 Å². The van der Waals surface area contributed by atoms with Gasteiger partial charge in [-0.05, 0) is 40.7 Å². The lowest BCUT2D eigenvalue weighted by Crippen LogP contribution is -2.10. The van der Waals surface area contributed by atoms with Gasteiger partial charge < -0.3 is 5.32 Å². The van der Waals surface area contributed by atoms with Gasteiger partial charge in [0.05, 0.1) is 4.47 Å². The number of nitrogens with one attached hydrogen (secondary N) is 1. The SMILES string of the molecule is CCNCc1ccc(-c2cc(Br)c(F)cc2F)s1. The molecule has 0 aliphatic rings. The first-order valence-electron chi connectivity index (χ1n) is 5.56. The molecule has 0 spiro atoms. The van der Waals surface area contributed by atoms with Crippen molar-refractivity contribution in [2.45, 2.75) is 13.5 Å². The Morgan fingerprint density at radius 3 is 2.72 bits per heavy atom. The van der Waals surface area contributed by atoms with Gasteiger partial charge in [0, 0.05) is 27.9 Å². The van der Waals surface area contributed by atoms with Gasteiger partial charge in [-0.1, -0.05) is 6.92 Å². The molecule has 0 bridgehead atoms. The molecule has 0 unspecified atom stereocenters. The number of thiophene rings is 1. The molecule has 2 aromatic rings. The van der Waals surface area contributed by atoms with E-state index in [9.17, 15) is 8.78 Å². The molecule has 1 aromatic heterocycles. The monoisotopic (exact) mass is 331 g/mol. The molecule has 0 aliphatic carbocycles. The minimum Gasteiger partial charge on any atom is -0.312 e. The molecular weight excluding hydrogens is 320 g/mol. The van der Waals surface area contributed by atoms with Crippen molar-refractivity contribution in [2.24, 2.45) is 0 Å². The number of rotatable bonds is 4. The highest BCUT2D eigenvalue weighted by Gasteiger charge is 2.12. The average molecular weight is 332 g/mol. The van der Waals surface area contributed by atoms with Crippen LogP contribution in [0.1, 0.15) is 11.8 Å². The van der Waals surface area contributed by atoms with Crippen LogP contribution in [0.5, 0.6) is 0 Å². The van der Waals surface area contributed by atoms with Crippen LogP contribution in [0.3, 0.4) is 0 Å². The molecule has 0 radical (unpaired) electrons. The van der Waals surface area contributed by atoms with Crippen molar-refractivity contribution in [3.63, 3.8) is 0 Å². The van der Waals surface area contributed by atoms with Gasteiger partial charge in [0.2, 0.25) is 0 Å². The first-order chi connectivity index (χ1) is 8.61. The van der Waals surface area contributed by atoms with E-state index in [-0.39, 0.29) is 4.47 Å². The lowest BCUT2D eigenvalue weighted by Gasteiger charge is -2.02. The lowest BCUT2D eigenvalue weighted by atomic mass is 10.2. The van der Waals surface area contributed by atoms with Crippen LogP contribution >= 0.6 is 27.3 Å². The summed E-state index contributed by atoms with van der Waals surface area (Å²) in [5, 5.41) is 3.21. The van der Waals surface area contributed by atoms with Gasteiger partial charge in [-0.25, -0.2) is 8.78 Å². The molecule has 18 heavy (non-hydrogen) atoms. The van der Waals surface area contributed by atoms with Crippen LogP contribution in [0.4, 0.5) is 8.78 Å². The number of halogens is 3. The van der Waals surface area contributed by atoms with Crippen LogP contribution in [0.15, 0.2) is 28.7 Å². The first kappa shape index (κ1) is 13.6. The second kappa shape index (κ2) is 5.91. The van der Waals surface area contributed by atoms with Crippen molar-refractivity contribution in [1.29, 1.82) is 0 Å². The Kier molecular flexibility index (Phi) is 4.48. The van der Waals surface area contributed by atoms with E-state index in [1.165, 1.54) is 17.4 Å². The van der Waals surface area contributed by atoms with E-state index in [2.05, 4.69) is 21.2 Å². The Morgan fingerprint density at radius 1 is 1.22 bits per heavy atom. The summed E-state index contributed by atoms with van der Waals surface area (Å²) in [5.41, 5.74) is 0.427. The van der Waals surface area contributed by atoms with Crippen molar-refractivity contribution in [3.8, 4) is 10.4 Å². The topological polar surface area (TPSA) is 12.0 Å². The summed E-state index contributed by atoms with van der Waals surface area (Å²) in [4.78, 5) is 1.94. The molecular formula is C13H12BrF2NS. The predicted molar refractivity (Wildman–Crippen MR) is 74.8 cm³/mol. The Labute approximate surface area is 117 Å². The molecule has 0 aliphatic heterocycles. The highest BCUT2D eigenvalue weighted by molar-refractivity contribution is 9.10. The van der Waals surface area contributed by atoms with Crippen LogP contribution in [0.25, 0.3) is 10.4 Å². The van der Waals surface area contributed by atoms with Gasteiger partial charge in [-0.15, -0.1) is 11.3 Å². The van der Waals surface area contributed by atoms with E-state index >= 15 is 0 Å². The molecule has 96 valence electrons. The summed E-state index contributed by atoms with van der Waals surface area (Å²) in [6.07, 6.45) is 0. The van der Waals surface area contributed by atoms with Crippen molar-refractivity contribution >= 4 is 27.3 Å². The first-order valence-corrected chi connectivity index (χ1v) is 7.17. The Bertz CT molecular complexity index is 554. The van der Waals surface area contributed by atoms with E-state index in [1.54, 1.807) is 0 Å². The Morgan fingerprint density at radius 2 is 2.00 bits per heavy atom. The highest BCUT2D eigenvalue weighted by atomic mass is 79.9. The largest absolute Gasteiger partial charge is 0.312 e. The summed E-state index contributed by atoms with van der Waals surface area (Å²) in [6.45, 7) is 3.69. The molecule has 0 amide bonds. The second-order valence-corrected chi connectivity index (χ2v) is 5.82. The van der Waals surface area contributed by atoms with E-state index in [1.807, 2.05) is 19.1 Å². The van der Waals surface area contributed by atoms with Crippen molar-refractivity contribution in [3.05, 3.63) is 45.2 Å². The fraction of sp³-hybridized carbons (Fsp3) is 0.231. The molecule has 1 heterocycles. The van der Waals surface area contributed by atoms with E-state index < -0.39 is 11.6 Å². The average Bonchev–Trinajstić information content (AvgIpc) is 2.79. The third-order valence-electron chi connectivity index (χ3n) is 2.49. The molecule has 1 nitrogen and oxygen atoms in total. The molecule has 2 rings (SSSR count). The fourth-order valence-corrected chi connectivity index (χ4v) is 2.92. The summed E-state index contributed by atoms with van der Waals surface area (Å²) in [6, 6.07) is 6.20. The van der Waals surface area contributed by atoms with Crippen molar-refractivity contribution < 1.29 is 8.78 Å². The number of hydrogen-bond donors (Lipinski definition) is 1. The van der Waals surface area contributed by atoms with Crippen molar-refractivity contribution in [2.75, 3.05) is 6.54 Å². The molecule has 5 heteroatoms. The van der Waals surface area contributed by atoms with Crippen LogP contribution in [-0.2, 0) is 6.54 Å². The van der Waals surface area contributed by atoms with Gasteiger partial charge in [-0.2, -0.15) is 0 Å². The lowest BCUT2D eigenvalue weighted by molar-refractivity contribution is 0.581. The summed E-state index contributed by atoms with van der Waals surface area (Å²) >= 11 is 4.59. The maximum Gasteiger partial charge on any atom is 0.140 e. The van der Waals surface area contributed by atoms with Crippen LogP contribution < -0.4 is 5.32 Å². The Hall–Kier alpha value is -0.780. The third-order valence-corrected chi connectivity index (χ3v) is 4.21. The highest BCUT2D eigenvalue weighted by Crippen LogP contribution is 2.33. The minimum absolute atomic E-state index is 0.278. The van der Waals surface area contributed by atoms with Gasteiger partial charge in [0.1, 0.15) is 11.6 Å². The second-order valence-electron chi connectivity index (χ2n) is 3.79. The number of benzene rings is 1. The maximum absolute atomic E-state index is 13.7. The summed E-state index contributed by atoms with van der Waals surface area (Å²) in [7, 11) is 0. The maximum atomic E-state index is 13.7. The van der Waals surface area contributed by atoms with Gasteiger partial charge in [-0.3, -0.25) is 0 Å². The number of hydrogen-bond acceptors (Lipinski definition) is 2. The zero-order valence-electron chi connectivity index (χ0n) is 9.77. The van der Waals surface area contributed by atoms with E-state index in [0.29, 0.717) is 5.56 Å². The molecule has 0 atom stereocenters. The minimum atomic E-state index is -0.583. The van der Waals surface area contributed by atoms with Gasteiger partial charge in [0.15, 0.2) is 0 Å². The Balaban J connectivity index is 2.31. The molecule has 0 saturated carbocycles. The zero-order valence-corrected chi connectivity index (χ0v) is 12.2. The summed E-state index contributed by atoms with van der Waals surface area (Å²) < 4.78 is 27.1. The third kappa shape index (κ3) is 2.96. The van der Waals surface area contributed by atoms with Gasteiger partial charge in [0.25, 0.3) is 0 Å². The van der Waals surface area contributed by atoms with Crippen molar-refractivity contribution in [1.82, 2.24) is 5.32 Å². The fourth-order valence-electron chi connectivity index (χ4n) is 1.58. The van der Waals surface area contributed by atoms with Gasteiger partial charge >= 0.3 is 0 Å².